The van der Waals surface area contributed by atoms with E-state index in [1.165, 1.54) is 17.4 Å². The Labute approximate surface area is 135 Å². The minimum absolute atomic E-state index is 0.192. The van der Waals surface area contributed by atoms with Gasteiger partial charge in [0.05, 0.1) is 9.23 Å². The van der Waals surface area contributed by atoms with Gasteiger partial charge in [-0.1, -0.05) is 17.7 Å². The predicted octanol–water partition coefficient (Wildman–Crippen LogP) is 3.10. The third kappa shape index (κ3) is 3.81. The van der Waals surface area contributed by atoms with Gasteiger partial charge in [-0.3, -0.25) is 0 Å². The Kier molecular flexibility index (Phi) is 5.22. The van der Waals surface area contributed by atoms with Gasteiger partial charge in [-0.05, 0) is 45.8 Å². The molecule has 1 heterocycles. The van der Waals surface area contributed by atoms with Crippen LogP contribution in [0.4, 0.5) is 0 Å². The number of hydrogen-bond acceptors (Lipinski definition) is 4. The standard InChI is InChI=1S/C12H12BrClN2O2S2/c13-10-5-8(6-15)1-3-11(10)20(17,18)16-7-9-2-4-12(14)19-9/h1-5,16H,6-7,15H2. The Hall–Kier alpha value is -0.440. The van der Waals surface area contributed by atoms with E-state index in [9.17, 15) is 8.42 Å². The van der Waals surface area contributed by atoms with Crippen molar-refractivity contribution in [3.05, 3.63) is 49.6 Å². The summed E-state index contributed by atoms with van der Waals surface area (Å²) in [6, 6.07) is 8.47. The second-order valence-corrected chi connectivity index (χ2v) is 8.39. The van der Waals surface area contributed by atoms with Crippen molar-refractivity contribution in [3.8, 4) is 0 Å². The topological polar surface area (TPSA) is 72.2 Å². The molecular weight excluding hydrogens is 384 g/mol. The zero-order chi connectivity index (χ0) is 14.8. The first-order valence-electron chi connectivity index (χ1n) is 5.65. The van der Waals surface area contributed by atoms with E-state index in [0.717, 1.165) is 10.4 Å². The van der Waals surface area contributed by atoms with E-state index in [4.69, 9.17) is 17.3 Å². The van der Waals surface area contributed by atoms with E-state index < -0.39 is 10.0 Å². The molecule has 0 saturated heterocycles. The summed E-state index contributed by atoms with van der Waals surface area (Å²) in [5, 5.41) is 0. The first kappa shape index (κ1) is 15.9. The summed E-state index contributed by atoms with van der Waals surface area (Å²) in [5.74, 6) is 0. The minimum atomic E-state index is -3.58. The largest absolute Gasteiger partial charge is 0.326 e. The van der Waals surface area contributed by atoms with Crippen molar-refractivity contribution in [2.45, 2.75) is 18.0 Å². The SMILES string of the molecule is NCc1ccc(S(=O)(=O)NCc2ccc(Cl)s2)c(Br)c1. The normalized spacial score (nSPS) is 11.8. The van der Waals surface area contributed by atoms with Gasteiger partial charge in [0.1, 0.15) is 0 Å². The Morgan fingerprint density at radius 3 is 2.60 bits per heavy atom. The molecule has 108 valence electrons. The molecule has 0 spiro atoms. The van der Waals surface area contributed by atoms with Gasteiger partial charge in [-0.25, -0.2) is 13.1 Å². The molecule has 0 unspecified atom stereocenters. The zero-order valence-corrected chi connectivity index (χ0v) is 14.2. The molecule has 1 aromatic carbocycles. The van der Waals surface area contributed by atoms with Gasteiger partial charge in [-0.15, -0.1) is 11.3 Å². The van der Waals surface area contributed by atoms with Crippen molar-refractivity contribution in [1.82, 2.24) is 4.72 Å². The van der Waals surface area contributed by atoms with Gasteiger partial charge in [0, 0.05) is 22.4 Å². The molecule has 20 heavy (non-hydrogen) atoms. The van der Waals surface area contributed by atoms with Crippen LogP contribution in [0.3, 0.4) is 0 Å². The van der Waals surface area contributed by atoms with Crippen LogP contribution < -0.4 is 10.5 Å². The molecule has 8 heteroatoms. The molecule has 2 rings (SSSR count). The van der Waals surface area contributed by atoms with Crippen LogP contribution in [-0.2, 0) is 23.1 Å². The first-order chi connectivity index (χ1) is 9.42. The average Bonchev–Trinajstić information content (AvgIpc) is 2.82. The van der Waals surface area contributed by atoms with E-state index in [-0.39, 0.29) is 11.4 Å². The highest BCUT2D eigenvalue weighted by atomic mass is 79.9. The van der Waals surface area contributed by atoms with Gasteiger partial charge in [0.15, 0.2) is 0 Å². The predicted molar refractivity (Wildman–Crippen MR) is 85.4 cm³/mol. The second-order valence-electron chi connectivity index (χ2n) is 4.00. The Morgan fingerprint density at radius 1 is 1.30 bits per heavy atom. The molecule has 0 aliphatic heterocycles. The molecule has 1 aromatic heterocycles. The monoisotopic (exact) mass is 394 g/mol. The van der Waals surface area contributed by atoms with Gasteiger partial charge < -0.3 is 5.73 Å². The molecule has 0 aliphatic carbocycles. The van der Waals surface area contributed by atoms with E-state index in [2.05, 4.69) is 20.7 Å². The Bertz CT molecular complexity index is 716. The van der Waals surface area contributed by atoms with Crippen molar-refractivity contribution < 1.29 is 8.42 Å². The molecule has 4 nitrogen and oxygen atoms in total. The minimum Gasteiger partial charge on any atom is -0.326 e. The maximum atomic E-state index is 12.2. The smallest absolute Gasteiger partial charge is 0.242 e. The quantitative estimate of drug-likeness (QED) is 0.817. The third-order valence-corrected chi connectivity index (χ3v) is 6.20. The van der Waals surface area contributed by atoms with Gasteiger partial charge in [0.2, 0.25) is 10.0 Å². The van der Waals surface area contributed by atoms with Crippen LogP contribution in [0.1, 0.15) is 10.4 Å². The lowest BCUT2D eigenvalue weighted by Crippen LogP contribution is -2.23. The van der Waals surface area contributed by atoms with Crippen LogP contribution in [0.2, 0.25) is 4.34 Å². The van der Waals surface area contributed by atoms with E-state index in [1.54, 1.807) is 24.3 Å². The van der Waals surface area contributed by atoms with Crippen molar-refractivity contribution >= 4 is 48.9 Å². The van der Waals surface area contributed by atoms with Crippen LogP contribution in [0.5, 0.6) is 0 Å². The molecule has 0 bridgehead atoms. The molecule has 0 aliphatic rings. The maximum Gasteiger partial charge on any atom is 0.242 e. The Balaban J connectivity index is 2.18. The summed E-state index contributed by atoms with van der Waals surface area (Å²) in [5.41, 5.74) is 6.38. The zero-order valence-electron chi connectivity index (χ0n) is 10.3. The maximum absolute atomic E-state index is 12.2. The fraction of sp³-hybridized carbons (Fsp3) is 0.167. The fourth-order valence-corrected chi connectivity index (χ4v) is 4.83. The van der Waals surface area contributed by atoms with Crippen LogP contribution in [0.15, 0.2) is 39.7 Å². The summed E-state index contributed by atoms with van der Waals surface area (Å²) >= 11 is 10.4. The van der Waals surface area contributed by atoms with Crippen molar-refractivity contribution in [2.75, 3.05) is 0 Å². The average molecular weight is 396 g/mol. The van der Waals surface area contributed by atoms with Crippen molar-refractivity contribution in [2.24, 2.45) is 5.73 Å². The van der Waals surface area contributed by atoms with E-state index in [1.807, 2.05) is 0 Å². The molecular formula is C12H12BrClN2O2S2. The third-order valence-electron chi connectivity index (χ3n) is 2.59. The summed E-state index contributed by atoms with van der Waals surface area (Å²) < 4.78 is 28.1. The lowest BCUT2D eigenvalue weighted by Gasteiger charge is -2.09. The number of rotatable bonds is 5. The first-order valence-corrected chi connectivity index (χ1v) is 9.12. The van der Waals surface area contributed by atoms with Gasteiger partial charge in [0.25, 0.3) is 0 Å². The highest BCUT2D eigenvalue weighted by Gasteiger charge is 2.17. The van der Waals surface area contributed by atoms with Gasteiger partial charge >= 0.3 is 0 Å². The number of hydrogen-bond donors (Lipinski definition) is 2. The van der Waals surface area contributed by atoms with Crippen LogP contribution in [0, 0.1) is 0 Å². The number of nitrogens with one attached hydrogen (secondary N) is 1. The van der Waals surface area contributed by atoms with Gasteiger partial charge in [-0.2, -0.15) is 0 Å². The van der Waals surface area contributed by atoms with Crippen molar-refractivity contribution in [1.29, 1.82) is 0 Å². The lowest BCUT2D eigenvalue weighted by atomic mass is 10.2. The lowest BCUT2D eigenvalue weighted by molar-refractivity contribution is 0.581. The number of thiophene rings is 1. The molecule has 0 fully saturated rings. The number of sulfonamides is 1. The number of benzene rings is 1. The Morgan fingerprint density at radius 2 is 2.05 bits per heavy atom. The molecule has 0 amide bonds. The summed E-state index contributed by atoms with van der Waals surface area (Å²) in [7, 11) is -3.58. The van der Waals surface area contributed by atoms with Crippen LogP contribution >= 0.6 is 38.9 Å². The van der Waals surface area contributed by atoms with Crippen molar-refractivity contribution in [3.63, 3.8) is 0 Å². The molecule has 0 saturated carbocycles. The van der Waals surface area contributed by atoms with Crippen LogP contribution in [-0.4, -0.2) is 8.42 Å². The summed E-state index contributed by atoms with van der Waals surface area (Å²) in [6.07, 6.45) is 0. The molecule has 0 radical (unpaired) electrons. The summed E-state index contributed by atoms with van der Waals surface area (Å²) in [4.78, 5) is 1.05. The van der Waals surface area contributed by atoms with E-state index in [0.29, 0.717) is 15.4 Å². The summed E-state index contributed by atoms with van der Waals surface area (Å²) in [6.45, 7) is 0.574. The highest BCUT2D eigenvalue weighted by molar-refractivity contribution is 9.10. The van der Waals surface area contributed by atoms with E-state index >= 15 is 0 Å². The fourth-order valence-electron chi connectivity index (χ4n) is 1.58. The number of halogens is 2. The molecule has 0 atom stereocenters. The molecule has 2 aromatic rings. The number of nitrogens with two attached hydrogens (primary N) is 1. The molecule has 3 N–H and O–H groups in total. The van der Waals surface area contributed by atoms with Crippen LogP contribution in [0.25, 0.3) is 0 Å². The highest BCUT2D eigenvalue weighted by Crippen LogP contribution is 2.25. The second kappa shape index (κ2) is 6.55.